The van der Waals surface area contributed by atoms with E-state index in [1.165, 1.54) is 16.8 Å². The minimum atomic E-state index is 0.231. The van der Waals surface area contributed by atoms with Crippen LogP contribution < -0.4 is 5.32 Å². The molecule has 0 amide bonds. The van der Waals surface area contributed by atoms with Crippen LogP contribution in [0.15, 0.2) is 36.4 Å². The van der Waals surface area contributed by atoms with Gasteiger partial charge in [0.15, 0.2) is 0 Å². The van der Waals surface area contributed by atoms with Crippen molar-refractivity contribution in [3.8, 4) is 0 Å². The van der Waals surface area contributed by atoms with E-state index in [1.54, 1.807) is 0 Å². The Kier molecular flexibility index (Phi) is 3.66. The highest BCUT2D eigenvalue weighted by molar-refractivity contribution is 6.35. The number of rotatable bonds is 2. The molecule has 3 rings (SSSR count). The van der Waals surface area contributed by atoms with E-state index in [4.69, 9.17) is 23.2 Å². The van der Waals surface area contributed by atoms with E-state index < -0.39 is 0 Å². The Hall–Kier alpha value is -1.18. The summed E-state index contributed by atoms with van der Waals surface area (Å²) in [5.41, 5.74) is 5.13. The van der Waals surface area contributed by atoms with Gasteiger partial charge in [0.05, 0.1) is 6.04 Å². The van der Waals surface area contributed by atoms with Gasteiger partial charge in [-0.3, -0.25) is 0 Å². The van der Waals surface area contributed by atoms with E-state index in [9.17, 15) is 0 Å². The molecule has 0 fully saturated rings. The van der Waals surface area contributed by atoms with Gasteiger partial charge in [0, 0.05) is 15.7 Å². The second-order valence-corrected chi connectivity index (χ2v) is 6.45. The molecule has 1 aliphatic heterocycles. The van der Waals surface area contributed by atoms with Crippen LogP contribution in [0.3, 0.4) is 0 Å². The largest absolute Gasteiger partial charge is 0.377 e. The number of anilines is 1. The number of fused-ring (bicyclic) bond motifs is 1. The summed E-state index contributed by atoms with van der Waals surface area (Å²) in [6, 6.07) is 12.5. The first-order chi connectivity index (χ1) is 9.56. The fourth-order valence-electron chi connectivity index (χ4n) is 2.86. The topological polar surface area (TPSA) is 12.0 Å². The van der Waals surface area contributed by atoms with Crippen molar-refractivity contribution in [2.75, 3.05) is 5.32 Å². The van der Waals surface area contributed by atoms with E-state index in [0.29, 0.717) is 10.9 Å². The first-order valence-corrected chi connectivity index (χ1v) is 7.65. The van der Waals surface area contributed by atoms with Crippen molar-refractivity contribution in [3.05, 3.63) is 63.1 Å². The van der Waals surface area contributed by atoms with Crippen molar-refractivity contribution in [2.45, 2.75) is 32.2 Å². The molecule has 1 aliphatic rings. The highest BCUT2D eigenvalue weighted by atomic mass is 35.5. The molecule has 1 N–H and O–H groups in total. The Morgan fingerprint density at radius 1 is 1.15 bits per heavy atom. The van der Waals surface area contributed by atoms with Crippen LogP contribution in [0.4, 0.5) is 5.69 Å². The molecule has 1 atom stereocenters. The van der Waals surface area contributed by atoms with Gasteiger partial charge in [0.2, 0.25) is 0 Å². The van der Waals surface area contributed by atoms with Gasteiger partial charge in [-0.15, -0.1) is 0 Å². The fourth-order valence-corrected chi connectivity index (χ4v) is 3.40. The van der Waals surface area contributed by atoms with Crippen molar-refractivity contribution >= 4 is 28.9 Å². The number of hydrogen-bond donors (Lipinski definition) is 1. The van der Waals surface area contributed by atoms with E-state index in [2.05, 4.69) is 37.4 Å². The molecule has 1 unspecified atom stereocenters. The van der Waals surface area contributed by atoms with Crippen LogP contribution in [0.5, 0.6) is 0 Å². The van der Waals surface area contributed by atoms with Crippen LogP contribution in [0.2, 0.25) is 10.0 Å². The zero-order valence-corrected chi connectivity index (χ0v) is 13.1. The molecule has 0 saturated carbocycles. The van der Waals surface area contributed by atoms with Crippen molar-refractivity contribution in [3.63, 3.8) is 0 Å². The van der Waals surface area contributed by atoms with E-state index in [0.717, 1.165) is 17.0 Å². The van der Waals surface area contributed by atoms with Crippen LogP contribution in [-0.4, -0.2) is 0 Å². The lowest BCUT2D eigenvalue weighted by atomic mass is 9.97. The number of benzene rings is 2. The predicted molar refractivity (Wildman–Crippen MR) is 87.1 cm³/mol. The average Bonchev–Trinajstić information content (AvgIpc) is 2.81. The summed E-state index contributed by atoms with van der Waals surface area (Å²) in [6.45, 7) is 4.44. The summed E-state index contributed by atoms with van der Waals surface area (Å²) >= 11 is 12.3. The molecule has 0 radical (unpaired) electrons. The number of nitrogens with one attached hydrogen (secondary N) is 1. The van der Waals surface area contributed by atoms with Gasteiger partial charge in [0.25, 0.3) is 0 Å². The van der Waals surface area contributed by atoms with Crippen LogP contribution in [0.25, 0.3) is 0 Å². The zero-order chi connectivity index (χ0) is 14.3. The maximum Gasteiger partial charge on any atom is 0.0569 e. The predicted octanol–water partition coefficient (Wildman–Crippen LogP) is 5.83. The normalized spacial score (nSPS) is 17.1. The van der Waals surface area contributed by atoms with Gasteiger partial charge >= 0.3 is 0 Å². The molecule has 0 saturated heterocycles. The second kappa shape index (κ2) is 5.31. The minimum Gasteiger partial charge on any atom is -0.377 e. The fraction of sp³-hybridized carbons (Fsp3) is 0.294. The van der Waals surface area contributed by atoms with Crippen molar-refractivity contribution in [2.24, 2.45) is 0 Å². The van der Waals surface area contributed by atoms with Gasteiger partial charge in [-0.05, 0) is 41.2 Å². The molecule has 1 nitrogen and oxygen atoms in total. The number of halogens is 2. The lowest BCUT2D eigenvalue weighted by Gasteiger charge is -2.16. The minimum absolute atomic E-state index is 0.231. The number of hydrogen-bond acceptors (Lipinski definition) is 1. The molecular formula is C17H17Cl2N. The smallest absolute Gasteiger partial charge is 0.0569 e. The summed E-state index contributed by atoms with van der Waals surface area (Å²) < 4.78 is 0. The lowest BCUT2D eigenvalue weighted by molar-refractivity contribution is 0.822. The van der Waals surface area contributed by atoms with E-state index in [1.807, 2.05) is 18.2 Å². The molecule has 1 heterocycles. The van der Waals surface area contributed by atoms with Crippen LogP contribution in [0.1, 0.15) is 42.5 Å². The van der Waals surface area contributed by atoms with Gasteiger partial charge in [-0.2, -0.15) is 0 Å². The Morgan fingerprint density at radius 2 is 1.95 bits per heavy atom. The summed E-state index contributed by atoms with van der Waals surface area (Å²) in [7, 11) is 0. The van der Waals surface area contributed by atoms with E-state index >= 15 is 0 Å². The molecule has 0 aromatic heterocycles. The summed E-state index contributed by atoms with van der Waals surface area (Å²) in [4.78, 5) is 0. The first kappa shape index (κ1) is 13.8. The quantitative estimate of drug-likeness (QED) is 0.736. The molecule has 0 spiro atoms. The third-order valence-electron chi connectivity index (χ3n) is 3.89. The van der Waals surface area contributed by atoms with Crippen molar-refractivity contribution < 1.29 is 0 Å². The highest BCUT2D eigenvalue weighted by Gasteiger charge is 2.26. The summed E-state index contributed by atoms with van der Waals surface area (Å²) in [6.07, 6.45) is 0.969. The van der Waals surface area contributed by atoms with Gasteiger partial charge < -0.3 is 5.32 Å². The van der Waals surface area contributed by atoms with Crippen LogP contribution in [-0.2, 0) is 6.42 Å². The SMILES string of the molecule is CC(C)c1cccc2c1NC(c1ccc(Cl)cc1Cl)C2. The summed E-state index contributed by atoms with van der Waals surface area (Å²) in [5, 5.41) is 5.04. The molecule has 2 aromatic rings. The highest BCUT2D eigenvalue weighted by Crippen LogP contribution is 2.41. The van der Waals surface area contributed by atoms with Gasteiger partial charge in [0.1, 0.15) is 0 Å². The maximum atomic E-state index is 6.33. The zero-order valence-electron chi connectivity index (χ0n) is 11.6. The third-order valence-corrected chi connectivity index (χ3v) is 4.45. The molecule has 3 heteroatoms. The van der Waals surface area contributed by atoms with Gasteiger partial charge in [-0.25, -0.2) is 0 Å². The third kappa shape index (κ3) is 2.41. The van der Waals surface area contributed by atoms with E-state index in [-0.39, 0.29) is 6.04 Å². The molecule has 0 bridgehead atoms. The number of para-hydroxylation sites is 1. The molecule has 20 heavy (non-hydrogen) atoms. The summed E-state index contributed by atoms with van der Waals surface area (Å²) in [5.74, 6) is 0.511. The Morgan fingerprint density at radius 3 is 2.65 bits per heavy atom. The Bertz CT molecular complexity index is 649. The Labute approximate surface area is 129 Å². The van der Waals surface area contributed by atoms with Crippen LogP contribution in [0, 0.1) is 0 Å². The van der Waals surface area contributed by atoms with Gasteiger partial charge in [-0.1, -0.05) is 61.3 Å². The second-order valence-electron chi connectivity index (χ2n) is 5.60. The van der Waals surface area contributed by atoms with Crippen LogP contribution >= 0.6 is 23.2 Å². The molecule has 104 valence electrons. The lowest BCUT2D eigenvalue weighted by Crippen LogP contribution is -2.07. The maximum absolute atomic E-state index is 6.33. The molecule has 0 aliphatic carbocycles. The van der Waals surface area contributed by atoms with Crippen molar-refractivity contribution in [1.29, 1.82) is 0 Å². The molecule has 2 aromatic carbocycles. The standard InChI is InChI=1S/C17H17Cl2N/c1-10(2)13-5-3-4-11-8-16(20-17(11)13)14-7-6-12(18)9-15(14)19/h3-7,9-10,16,20H,8H2,1-2H3. The average molecular weight is 306 g/mol. The Balaban J connectivity index is 1.96. The van der Waals surface area contributed by atoms with Crippen molar-refractivity contribution in [1.82, 2.24) is 0 Å². The first-order valence-electron chi connectivity index (χ1n) is 6.89. The monoisotopic (exact) mass is 305 g/mol. The molecular weight excluding hydrogens is 289 g/mol.